The summed E-state index contributed by atoms with van der Waals surface area (Å²) in [4.78, 5) is 22.1. The Morgan fingerprint density at radius 2 is 2.12 bits per heavy atom. The SMILES string of the molecule is C=CC(=O)Oc1c(CCO)cccc1C(=O)O. The third kappa shape index (κ3) is 3.15. The van der Waals surface area contributed by atoms with Crippen LogP contribution in [0.3, 0.4) is 0 Å². The van der Waals surface area contributed by atoms with Gasteiger partial charge in [-0.15, -0.1) is 0 Å². The van der Waals surface area contributed by atoms with Gasteiger partial charge in [0.25, 0.3) is 0 Å². The average molecular weight is 236 g/mol. The molecule has 0 amide bonds. The van der Waals surface area contributed by atoms with Gasteiger partial charge >= 0.3 is 11.9 Å². The van der Waals surface area contributed by atoms with Crippen LogP contribution in [0.4, 0.5) is 0 Å². The zero-order chi connectivity index (χ0) is 12.8. The second-order valence-electron chi connectivity index (χ2n) is 3.20. The molecular formula is C12H12O5. The molecule has 0 aliphatic rings. The number of ether oxygens (including phenoxy) is 1. The van der Waals surface area contributed by atoms with Crippen LogP contribution in [-0.4, -0.2) is 28.8 Å². The van der Waals surface area contributed by atoms with Gasteiger partial charge in [-0.2, -0.15) is 0 Å². The maximum absolute atomic E-state index is 11.1. The number of aliphatic hydroxyl groups excluding tert-OH is 1. The maximum atomic E-state index is 11.1. The smallest absolute Gasteiger partial charge is 0.339 e. The molecule has 0 aromatic heterocycles. The summed E-state index contributed by atoms with van der Waals surface area (Å²) in [6.07, 6.45) is 1.15. The molecule has 1 rings (SSSR count). The number of hydrogen-bond acceptors (Lipinski definition) is 4. The predicted molar refractivity (Wildman–Crippen MR) is 60.0 cm³/mol. The zero-order valence-electron chi connectivity index (χ0n) is 9.05. The van der Waals surface area contributed by atoms with Crippen LogP contribution in [0.1, 0.15) is 15.9 Å². The Morgan fingerprint density at radius 3 is 2.65 bits per heavy atom. The van der Waals surface area contributed by atoms with Crippen LogP contribution in [0.2, 0.25) is 0 Å². The first-order chi connectivity index (χ1) is 8.10. The topological polar surface area (TPSA) is 83.8 Å². The average Bonchev–Trinajstić information content (AvgIpc) is 2.31. The van der Waals surface area contributed by atoms with E-state index >= 15 is 0 Å². The molecule has 0 unspecified atom stereocenters. The van der Waals surface area contributed by atoms with E-state index in [0.29, 0.717) is 5.56 Å². The standard InChI is InChI=1S/C12H12O5/c1-2-10(14)17-11-8(6-7-13)4-3-5-9(11)12(15)16/h2-5,13H,1,6-7H2,(H,15,16). The maximum Gasteiger partial charge on any atom is 0.339 e. The molecule has 0 fully saturated rings. The Morgan fingerprint density at radius 1 is 1.41 bits per heavy atom. The van der Waals surface area contributed by atoms with E-state index in [-0.39, 0.29) is 24.3 Å². The summed E-state index contributed by atoms with van der Waals surface area (Å²) < 4.78 is 4.89. The van der Waals surface area contributed by atoms with Crippen molar-refractivity contribution < 1.29 is 24.5 Å². The number of hydrogen-bond donors (Lipinski definition) is 2. The van der Waals surface area contributed by atoms with E-state index in [1.165, 1.54) is 12.1 Å². The lowest BCUT2D eigenvalue weighted by Crippen LogP contribution is -2.11. The molecule has 0 saturated heterocycles. The van der Waals surface area contributed by atoms with Gasteiger partial charge in [0.15, 0.2) is 0 Å². The molecule has 0 heterocycles. The van der Waals surface area contributed by atoms with Crippen molar-refractivity contribution in [2.75, 3.05) is 6.61 Å². The Kier molecular flexibility index (Phi) is 4.42. The van der Waals surface area contributed by atoms with Gasteiger partial charge in [0.2, 0.25) is 0 Å². The fraction of sp³-hybridized carbons (Fsp3) is 0.167. The molecule has 0 aliphatic heterocycles. The number of carboxylic acids is 1. The highest BCUT2D eigenvalue weighted by Gasteiger charge is 2.17. The van der Waals surface area contributed by atoms with E-state index < -0.39 is 11.9 Å². The number of aliphatic hydroxyl groups is 1. The van der Waals surface area contributed by atoms with Gasteiger partial charge in [0.05, 0.1) is 0 Å². The van der Waals surface area contributed by atoms with Crippen LogP contribution in [0.25, 0.3) is 0 Å². The van der Waals surface area contributed by atoms with Gasteiger partial charge < -0.3 is 14.9 Å². The van der Waals surface area contributed by atoms with Crippen molar-refractivity contribution in [1.82, 2.24) is 0 Å². The van der Waals surface area contributed by atoms with Crippen LogP contribution >= 0.6 is 0 Å². The molecule has 0 radical (unpaired) electrons. The molecule has 0 atom stereocenters. The van der Waals surface area contributed by atoms with Crippen LogP contribution in [0.15, 0.2) is 30.9 Å². The lowest BCUT2D eigenvalue weighted by atomic mass is 10.1. The Hall–Kier alpha value is -2.14. The molecule has 5 heteroatoms. The van der Waals surface area contributed by atoms with Gasteiger partial charge in [-0.25, -0.2) is 9.59 Å². The number of para-hydroxylation sites is 1. The molecule has 0 saturated carbocycles. The largest absolute Gasteiger partial charge is 0.478 e. The zero-order valence-corrected chi connectivity index (χ0v) is 9.05. The fourth-order valence-corrected chi connectivity index (χ4v) is 1.33. The molecule has 1 aromatic carbocycles. The van der Waals surface area contributed by atoms with Crippen LogP contribution in [-0.2, 0) is 11.2 Å². The number of carbonyl (C=O) groups is 2. The summed E-state index contributed by atoms with van der Waals surface area (Å²) in [5, 5.41) is 17.8. The third-order valence-corrected chi connectivity index (χ3v) is 2.08. The van der Waals surface area contributed by atoms with Crippen molar-refractivity contribution >= 4 is 11.9 Å². The number of benzene rings is 1. The van der Waals surface area contributed by atoms with E-state index in [0.717, 1.165) is 6.08 Å². The summed E-state index contributed by atoms with van der Waals surface area (Å²) in [6, 6.07) is 4.45. The summed E-state index contributed by atoms with van der Waals surface area (Å²) in [5.74, 6) is -1.98. The summed E-state index contributed by atoms with van der Waals surface area (Å²) >= 11 is 0. The van der Waals surface area contributed by atoms with Crippen LogP contribution in [0.5, 0.6) is 5.75 Å². The van der Waals surface area contributed by atoms with Crippen molar-refractivity contribution in [3.8, 4) is 5.75 Å². The summed E-state index contributed by atoms with van der Waals surface area (Å²) in [5.41, 5.74) is 0.341. The lowest BCUT2D eigenvalue weighted by Gasteiger charge is -2.10. The van der Waals surface area contributed by atoms with Crippen molar-refractivity contribution in [2.45, 2.75) is 6.42 Å². The van der Waals surface area contributed by atoms with E-state index in [1.54, 1.807) is 6.07 Å². The van der Waals surface area contributed by atoms with Crippen molar-refractivity contribution in [3.63, 3.8) is 0 Å². The first kappa shape index (κ1) is 12.9. The van der Waals surface area contributed by atoms with Crippen LogP contribution < -0.4 is 4.74 Å². The highest BCUT2D eigenvalue weighted by molar-refractivity contribution is 5.93. The Bertz CT molecular complexity index is 450. The van der Waals surface area contributed by atoms with Gasteiger partial charge in [0.1, 0.15) is 11.3 Å². The lowest BCUT2D eigenvalue weighted by molar-refractivity contribution is -0.129. The summed E-state index contributed by atoms with van der Waals surface area (Å²) in [6.45, 7) is 3.07. The van der Waals surface area contributed by atoms with E-state index in [1.807, 2.05) is 0 Å². The molecule has 0 aliphatic carbocycles. The molecule has 0 spiro atoms. The molecule has 90 valence electrons. The molecule has 1 aromatic rings. The monoisotopic (exact) mass is 236 g/mol. The summed E-state index contributed by atoms with van der Waals surface area (Å²) in [7, 11) is 0. The molecule has 2 N–H and O–H groups in total. The van der Waals surface area contributed by atoms with E-state index in [9.17, 15) is 9.59 Å². The van der Waals surface area contributed by atoms with Crippen LogP contribution in [0, 0.1) is 0 Å². The van der Waals surface area contributed by atoms with E-state index in [2.05, 4.69) is 6.58 Å². The van der Waals surface area contributed by atoms with Gasteiger partial charge in [-0.3, -0.25) is 0 Å². The number of carboxylic acid groups (broad SMARTS) is 1. The second kappa shape index (κ2) is 5.81. The van der Waals surface area contributed by atoms with Gasteiger partial charge in [0, 0.05) is 12.7 Å². The second-order valence-corrected chi connectivity index (χ2v) is 3.20. The number of rotatable bonds is 5. The van der Waals surface area contributed by atoms with Gasteiger partial charge in [-0.05, 0) is 18.1 Å². The quantitative estimate of drug-likeness (QED) is 0.453. The Balaban J connectivity index is 3.22. The highest BCUT2D eigenvalue weighted by atomic mass is 16.5. The first-order valence-corrected chi connectivity index (χ1v) is 4.90. The molecule has 0 bridgehead atoms. The third-order valence-electron chi connectivity index (χ3n) is 2.08. The van der Waals surface area contributed by atoms with E-state index in [4.69, 9.17) is 14.9 Å². The van der Waals surface area contributed by atoms with Crippen molar-refractivity contribution in [2.24, 2.45) is 0 Å². The molecular weight excluding hydrogens is 224 g/mol. The fourth-order valence-electron chi connectivity index (χ4n) is 1.33. The number of aromatic carboxylic acids is 1. The van der Waals surface area contributed by atoms with Crippen molar-refractivity contribution in [1.29, 1.82) is 0 Å². The predicted octanol–water partition coefficient (Wildman–Crippen LogP) is 1.01. The molecule has 17 heavy (non-hydrogen) atoms. The normalized spacial score (nSPS) is 9.71. The number of carbonyl (C=O) groups excluding carboxylic acids is 1. The van der Waals surface area contributed by atoms with Crippen molar-refractivity contribution in [3.05, 3.63) is 42.0 Å². The minimum atomic E-state index is -1.20. The Labute approximate surface area is 98.0 Å². The first-order valence-electron chi connectivity index (χ1n) is 4.90. The molecule has 5 nitrogen and oxygen atoms in total. The minimum Gasteiger partial charge on any atom is -0.478 e. The minimum absolute atomic E-state index is 0.0426. The van der Waals surface area contributed by atoms with Gasteiger partial charge in [-0.1, -0.05) is 18.7 Å². The number of esters is 1. The highest BCUT2D eigenvalue weighted by Crippen LogP contribution is 2.25.